The largest absolute Gasteiger partial charge is 0.496 e. The van der Waals surface area contributed by atoms with Crippen LogP contribution < -0.4 is 10.1 Å². The second-order valence-corrected chi connectivity index (χ2v) is 3.27. The molecule has 1 rings (SSSR count). The maximum atomic E-state index is 13.0. The first kappa shape index (κ1) is 13.0. The molecule has 0 fully saturated rings. The molecule has 0 aromatic heterocycles. The Morgan fingerprint density at radius 1 is 1.47 bits per heavy atom. The van der Waals surface area contributed by atoms with Crippen LogP contribution in [-0.4, -0.2) is 30.6 Å². The van der Waals surface area contributed by atoms with Crippen LogP contribution in [0.4, 0.5) is 4.39 Å². The molecular weight excluding hydrogens is 229 g/mol. The number of carbonyl (C=O) groups is 2. The molecule has 0 atom stereocenters. The molecule has 2 N–H and O–H groups in total. The topological polar surface area (TPSA) is 75.6 Å². The van der Waals surface area contributed by atoms with Gasteiger partial charge >= 0.3 is 11.9 Å². The predicted molar refractivity (Wildman–Crippen MR) is 57.3 cm³/mol. The molecule has 5 nitrogen and oxygen atoms in total. The molecule has 1 amide bonds. The third kappa shape index (κ3) is 3.75. The van der Waals surface area contributed by atoms with Crippen LogP contribution in [0.3, 0.4) is 0 Å². The Bertz CT molecular complexity index is 433. The third-order valence-corrected chi connectivity index (χ3v) is 2.12. The zero-order valence-electron chi connectivity index (χ0n) is 9.20. The first-order valence-electron chi connectivity index (χ1n) is 4.88. The van der Waals surface area contributed by atoms with Crippen LogP contribution in [0.1, 0.15) is 5.56 Å². The van der Waals surface area contributed by atoms with Gasteiger partial charge in [0.2, 0.25) is 0 Å². The number of benzene rings is 1. The van der Waals surface area contributed by atoms with Crippen LogP contribution in [0.5, 0.6) is 5.75 Å². The highest BCUT2D eigenvalue weighted by molar-refractivity contribution is 6.31. The molecule has 1 aromatic carbocycles. The molecule has 0 aliphatic rings. The predicted octanol–water partition coefficient (Wildman–Crippen LogP) is 0.578. The number of carboxylic acids is 1. The van der Waals surface area contributed by atoms with E-state index < -0.39 is 17.7 Å². The van der Waals surface area contributed by atoms with Gasteiger partial charge in [0.15, 0.2) is 0 Å². The van der Waals surface area contributed by atoms with Gasteiger partial charge in [-0.2, -0.15) is 0 Å². The van der Waals surface area contributed by atoms with E-state index in [9.17, 15) is 14.0 Å². The molecular formula is C11H12FNO4. The van der Waals surface area contributed by atoms with Gasteiger partial charge < -0.3 is 15.2 Å². The Morgan fingerprint density at radius 3 is 2.76 bits per heavy atom. The van der Waals surface area contributed by atoms with Crippen molar-refractivity contribution in [3.05, 3.63) is 29.6 Å². The molecule has 17 heavy (non-hydrogen) atoms. The van der Waals surface area contributed by atoms with Crippen molar-refractivity contribution in [2.75, 3.05) is 13.7 Å². The monoisotopic (exact) mass is 241 g/mol. The highest BCUT2D eigenvalue weighted by Gasteiger charge is 2.10. The lowest BCUT2D eigenvalue weighted by Gasteiger charge is -2.08. The number of hydrogen-bond acceptors (Lipinski definition) is 3. The molecule has 0 aliphatic heterocycles. The number of carbonyl (C=O) groups excluding carboxylic acids is 1. The summed E-state index contributed by atoms with van der Waals surface area (Å²) in [5.41, 5.74) is 0.568. The minimum atomic E-state index is -1.55. The van der Waals surface area contributed by atoms with Gasteiger partial charge in [0.1, 0.15) is 11.6 Å². The molecule has 0 radical (unpaired) electrons. The van der Waals surface area contributed by atoms with Crippen LogP contribution in [0.25, 0.3) is 0 Å². The number of ether oxygens (including phenoxy) is 1. The summed E-state index contributed by atoms with van der Waals surface area (Å²) in [5, 5.41) is 10.5. The number of nitrogens with one attached hydrogen (secondary N) is 1. The van der Waals surface area contributed by atoms with Crippen LogP contribution in [0.2, 0.25) is 0 Å². The lowest BCUT2D eigenvalue weighted by molar-refractivity contribution is -0.150. The number of carboxylic acid groups (broad SMARTS) is 1. The quantitative estimate of drug-likeness (QED) is 0.756. The first-order chi connectivity index (χ1) is 8.04. The number of methoxy groups -OCH3 is 1. The van der Waals surface area contributed by atoms with E-state index in [-0.39, 0.29) is 6.54 Å². The Labute approximate surface area is 97.2 Å². The van der Waals surface area contributed by atoms with Crippen molar-refractivity contribution in [2.24, 2.45) is 0 Å². The molecule has 0 spiro atoms. The van der Waals surface area contributed by atoms with E-state index in [0.717, 1.165) is 0 Å². The van der Waals surface area contributed by atoms with Crippen molar-refractivity contribution in [3.8, 4) is 5.75 Å². The number of halogens is 1. The zero-order valence-corrected chi connectivity index (χ0v) is 9.20. The fraction of sp³-hybridized carbons (Fsp3) is 0.273. The lowest BCUT2D eigenvalue weighted by Crippen LogP contribution is -2.32. The Hall–Kier alpha value is -2.11. The van der Waals surface area contributed by atoms with Crippen molar-refractivity contribution in [3.63, 3.8) is 0 Å². The van der Waals surface area contributed by atoms with Gasteiger partial charge in [-0.15, -0.1) is 0 Å². The van der Waals surface area contributed by atoms with E-state index in [1.54, 1.807) is 0 Å². The van der Waals surface area contributed by atoms with Crippen molar-refractivity contribution in [1.29, 1.82) is 0 Å². The number of amides is 1. The van der Waals surface area contributed by atoms with Crippen LogP contribution >= 0.6 is 0 Å². The average molecular weight is 241 g/mol. The van der Waals surface area contributed by atoms with Gasteiger partial charge in [-0.3, -0.25) is 4.79 Å². The average Bonchev–Trinajstić information content (AvgIpc) is 2.29. The number of rotatable bonds is 4. The molecule has 0 aliphatic carbocycles. The van der Waals surface area contributed by atoms with E-state index in [0.29, 0.717) is 17.7 Å². The third-order valence-electron chi connectivity index (χ3n) is 2.12. The number of aliphatic carboxylic acids is 1. The highest BCUT2D eigenvalue weighted by atomic mass is 19.1. The minimum absolute atomic E-state index is 0.102. The summed E-state index contributed by atoms with van der Waals surface area (Å²) < 4.78 is 18.0. The van der Waals surface area contributed by atoms with Crippen molar-refractivity contribution < 1.29 is 23.8 Å². The zero-order chi connectivity index (χ0) is 12.8. The van der Waals surface area contributed by atoms with Gasteiger partial charge in [0, 0.05) is 6.54 Å². The SMILES string of the molecule is COc1ccc(F)cc1CCNC(=O)C(=O)O. The molecule has 0 saturated carbocycles. The standard InChI is InChI=1S/C11H12FNO4/c1-17-9-3-2-8(12)6-7(9)4-5-13-10(14)11(15)16/h2-3,6H,4-5H2,1H3,(H,13,14)(H,15,16). The summed E-state index contributed by atoms with van der Waals surface area (Å²) in [6.45, 7) is 0.102. The smallest absolute Gasteiger partial charge is 0.394 e. The Balaban J connectivity index is 2.59. The first-order valence-corrected chi connectivity index (χ1v) is 4.88. The summed E-state index contributed by atoms with van der Waals surface area (Å²) >= 11 is 0. The van der Waals surface area contributed by atoms with Gasteiger partial charge in [-0.1, -0.05) is 0 Å². The van der Waals surface area contributed by atoms with Gasteiger partial charge in [-0.05, 0) is 30.2 Å². The minimum Gasteiger partial charge on any atom is -0.496 e. The van der Waals surface area contributed by atoms with Crippen LogP contribution in [0.15, 0.2) is 18.2 Å². The maximum absolute atomic E-state index is 13.0. The van der Waals surface area contributed by atoms with Crippen molar-refractivity contribution in [1.82, 2.24) is 5.32 Å². The highest BCUT2D eigenvalue weighted by Crippen LogP contribution is 2.19. The summed E-state index contributed by atoms with van der Waals surface area (Å²) in [6.07, 6.45) is 0.292. The Kier molecular flexibility index (Phi) is 4.45. The molecule has 92 valence electrons. The summed E-state index contributed by atoms with van der Waals surface area (Å²) in [7, 11) is 1.45. The van der Waals surface area contributed by atoms with Crippen molar-refractivity contribution in [2.45, 2.75) is 6.42 Å². The lowest BCUT2D eigenvalue weighted by atomic mass is 10.1. The van der Waals surface area contributed by atoms with Gasteiger partial charge in [0.25, 0.3) is 0 Å². The second kappa shape index (κ2) is 5.83. The molecule has 6 heteroatoms. The fourth-order valence-corrected chi connectivity index (χ4v) is 1.33. The van der Waals surface area contributed by atoms with Crippen LogP contribution in [0, 0.1) is 5.82 Å². The van der Waals surface area contributed by atoms with E-state index >= 15 is 0 Å². The molecule has 0 unspecified atom stereocenters. The van der Waals surface area contributed by atoms with Crippen LogP contribution in [-0.2, 0) is 16.0 Å². The fourth-order valence-electron chi connectivity index (χ4n) is 1.33. The molecule has 0 saturated heterocycles. The van der Waals surface area contributed by atoms with Gasteiger partial charge in [0.05, 0.1) is 7.11 Å². The van der Waals surface area contributed by atoms with E-state index in [2.05, 4.69) is 5.32 Å². The van der Waals surface area contributed by atoms with E-state index in [1.165, 1.54) is 25.3 Å². The summed E-state index contributed by atoms with van der Waals surface area (Å²) in [6, 6.07) is 4.02. The van der Waals surface area contributed by atoms with Gasteiger partial charge in [-0.25, -0.2) is 9.18 Å². The normalized spacial score (nSPS) is 9.76. The molecule has 0 heterocycles. The van der Waals surface area contributed by atoms with E-state index in [4.69, 9.17) is 9.84 Å². The summed E-state index contributed by atoms with van der Waals surface area (Å²) in [5.74, 6) is -2.54. The maximum Gasteiger partial charge on any atom is 0.394 e. The summed E-state index contributed by atoms with van der Waals surface area (Å²) in [4.78, 5) is 21.0. The number of hydrogen-bond donors (Lipinski definition) is 2. The molecule has 1 aromatic rings. The van der Waals surface area contributed by atoms with Crippen molar-refractivity contribution >= 4 is 11.9 Å². The second-order valence-electron chi connectivity index (χ2n) is 3.27. The Morgan fingerprint density at radius 2 is 2.18 bits per heavy atom. The molecule has 0 bridgehead atoms. The van der Waals surface area contributed by atoms with E-state index in [1.807, 2.05) is 0 Å².